The van der Waals surface area contributed by atoms with Crippen molar-refractivity contribution >= 4 is 16.0 Å². The molecule has 0 fully saturated rings. The van der Waals surface area contributed by atoms with Crippen LogP contribution >= 0.6 is 0 Å². The van der Waals surface area contributed by atoms with Crippen molar-refractivity contribution in [3.8, 4) is 6.07 Å². The summed E-state index contributed by atoms with van der Waals surface area (Å²) in [5.41, 5.74) is 0. The maximum atomic E-state index is 11.6. The third-order valence-electron chi connectivity index (χ3n) is 1.83. The van der Waals surface area contributed by atoms with Crippen LogP contribution in [0.5, 0.6) is 0 Å². The number of carbonyl (C=O) groups excluding carboxylic acids is 1. The first kappa shape index (κ1) is 14.9. The molecule has 7 heteroatoms. The van der Waals surface area contributed by atoms with Gasteiger partial charge in [-0.2, -0.15) is 5.26 Å². The van der Waals surface area contributed by atoms with Crippen LogP contribution in [0.3, 0.4) is 0 Å². The van der Waals surface area contributed by atoms with E-state index in [1.54, 1.807) is 13.8 Å². The van der Waals surface area contributed by atoms with Crippen LogP contribution in [0, 0.1) is 17.2 Å². The van der Waals surface area contributed by atoms with Gasteiger partial charge in [-0.15, -0.1) is 0 Å². The third-order valence-corrected chi connectivity index (χ3v) is 3.53. The number of rotatable bonds is 6. The quantitative estimate of drug-likeness (QED) is 0.616. The van der Waals surface area contributed by atoms with Crippen molar-refractivity contribution in [1.29, 1.82) is 5.26 Å². The van der Waals surface area contributed by atoms with Crippen LogP contribution in [0.2, 0.25) is 0 Å². The second kappa shape index (κ2) is 6.45. The maximum absolute atomic E-state index is 11.6. The monoisotopic (exact) mass is 248 g/mol. The largest absolute Gasteiger partial charge is 0.465 e. The summed E-state index contributed by atoms with van der Waals surface area (Å²) < 4.78 is 28.7. The molecule has 0 radical (unpaired) electrons. The molecule has 0 aromatic rings. The predicted octanol–water partition coefficient (Wildman–Crippen LogP) is -0.0292. The van der Waals surface area contributed by atoms with Crippen molar-refractivity contribution in [3.63, 3.8) is 0 Å². The zero-order chi connectivity index (χ0) is 12.8. The van der Waals surface area contributed by atoms with E-state index in [0.717, 1.165) is 4.31 Å². The van der Waals surface area contributed by atoms with Gasteiger partial charge in [-0.05, 0) is 13.8 Å². The summed E-state index contributed by atoms with van der Waals surface area (Å²) in [7, 11) is -2.34. The number of hydrogen-bond acceptors (Lipinski definition) is 5. The lowest BCUT2D eigenvalue weighted by atomic mass is 10.2. The summed E-state index contributed by atoms with van der Waals surface area (Å²) in [5.74, 6) is -1.88. The average Bonchev–Trinajstić information content (AvgIpc) is 2.16. The van der Waals surface area contributed by atoms with Gasteiger partial charge in [-0.25, -0.2) is 12.7 Å². The van der Waals surface area contributed by atoms with Crippen molar-refractivity contribution in [1.82, 2.24) is 4.31 Å². The summed E-state index contributed by atoms with van der Waals surface area (Å²) >= 11 is 0. The molecule has 0 aromatic carbocycles. The lowest BCUT2D eigenvalue weighted by Gasteiger charge is -2.17. The lowest BCUT2D eigenvalue weighted by molar-refractivity contribution is -0.140. The highest BCUT2D eigenvalue weighted by molar-refractivity contribution is 7.89. The molecule has 0 spiro atoms. The van der Waals surface area contributed by atoms with Crippen LogP contribution in [0.4, 0.5) is 0 Å². The summed E-state index contributed by atoms with van der Waals surface area (Å²) in [5, 5.41) is 8.55. The number of hydrogen-bond donors (Lipinski definition) is 0. The molecule has 0 aliphatic heterocycles. The van der Waals surface area contributed by atoms with Crippen LogP contribution in [-0.4, -0.2) is 44.6 Å². The molecule has 0 bridgehead atoms. The first-order valence-electron chi connectivity index (χ1n) is 4.82. The highest BCUT2D eigenvalue weighted by atomic mass is 32.2. The van der Waals surface area contributed by atoms with Crippen molar-refractivity contribution in [3.05, 3.63) is 0 Å². The Morgan fingerprint density at radius 3 is 2.56 bits per heavy atom. The van der Waals surface area contributed by atoms with E-state index >= 15 is 0 Å². The molecule has 6 nitrogen and oxygen atoms in total. The molecule has 1 atom stereocenters. The number of carbonyl (C=O) groups is 1. The summed E-state index contributed by atoms with van der Waals surface area (Å²) in [6.07, 6.45) is 0. The summed E-state index contributed by atoms with van der Waals surface area (Å²) in [4.78, 5) is 11.0. The molecule has 0 rings (SSSR count). The predicted molar refractivity (Wildman–Crippen MR) is 57.8 cm³/mol. The van der Waals surface area contributed by atoms with Gasteiger partial charge in [0.2, 0.25) is 10.0 Å². The Morgan fingerprint density at radius 2 is 2.12 bits per heavy atom. The fourth-order valence-electron chi connectivity index (χ4n) is 1.00. The highest BCUT2D eigenvalue weighted by Gasteiger charge is 2.23. The molecule has 0 saturated heterocycles. The fraction of sp³-hybridized carbons (Fsp3) is 0.778. The third kappa shape index (κ3) is 5.09. The number of sulfonamides is 1. The fourth-order valence-corrected chi connectivity index (χ4v) is 2.05. The standard InChI is InChI=1S/C9H16N2O4S/c1-4-15-9(12)7-16(13,14)11(3)6-8(2)5-10/h8H,4,6-7H2,1-3H3. The summed E-state index contributed by atoms with van der Waals surface area (Å²) in [6.45, 7) is 3.42. The maximum Gasteiger partial charge on any atom is 0.322 e. The normalized spacial score (nSPS) is 13.2. The van der Waals surface area contributed by atoms with E-state index < -0.39 is 27.7 Å². The van der Waals surface area contributed by atoms with E-state index in [-0.39, 0.29) is 13.2 Å². The first-order chi connectivity index (χ1) is 7.33. The lowest BCUT2D eigenvalue weighted by Crippen LogP contribution is -2.35. The van der Waals surface area contributed by atoms with Crippen molar-refractivity contribution in [2.45, 2.75) is 13.8 Å². The average molecular weight is 248 g/mol. The van der Waals surface area contributed by atoms with Gasteiger partial charge >= 0.3 is 5.97 Å². The number of esters is 1. The van der Waals surface area contributed by atoms with E-state index in [4.69, 9.17) is 5.26 Å². The van der Waals surface area contributed by atoms with Gasteiger partial charge in [0.05, 0.1) is 18.6 Å². The molecular weight excluding hydrogens is 232 g/mol. The molecule has 0 aromatic heterocycles. The Morgan fingerprint density at radius 1 is 1.56 bits per heavy atom. The molecule has 0 amide bonds. The SMILES string of the molecule is CCOC(=O)CS(=O)(=O)N(C)CC(C)C#N. The number of ether oxygens (including phenoxy) is 1. The van der Waals surface area contributed by atoms with E-state index in [1.165, 1.54) is 7.05 Å². The zero-order valence-corrected chi connectivity index (χ0v) is 10.5. The number of nitrogens with zero attached hydrogens (tertiary/aromatic N) is 2. The molecule has 16 heavy (non-hydrogen) atoms. The highest BCUT2D eigenvalue weighted by Crippen LogP contribution is 2.04. The summed E-state index contributed by atoms with van der Waals surface area (Å²) in [6, 6.07) is 1.92. The topological polar surface area (TPSA) is 87.5 Å². The molecule has 1 unspecified atom stereocenters. The molecular formula is C9H16N2O4S. The second-order valence-corrected chi connectivity index (χ2v) is 5.45. The van der Waals surface area contributed by atoms with E-state index in [1.807, 2.05) is 6.07 Å². The molecule has 0 N–H and O–H groups in total. The molecule has 0 heterocycles. The van der Waals surface area contributed by atoms with E-state index in [2.05, 4.69) is 4.74 Å². The van der Waals surface area contributed by atoms with Crippen LogP contribution in [0.25, 0.3) is 0 Å². The Hall–Kier alpha value is -1.13. The van der Waals surface area contributed by atoms with E-state index in [0.29, 0.717) is 0 Å². The smallest absolute Gasteiger partial charge is 0.322 e. The van der Waals surface area contributed by atoms with Gasteiger partial charge in [-0.1, -0.05) is 0 Å². The van der Waals surface area contributed by atoms with E-state index in [9.17, 15) is 13.2 Å². The van der Waals surface area contributed by atoms with Crippen molar-refractivity contribution < 1.29 is 17.9 Å². The minimum Gasteiger partial charge on any atom is -0.465 e. The van der Waals surface area contributed by atoms with Gasteiger partial charge in [0.25, 0.3) is 0 Å². The molecule has 0 aliphatic rings. The minimum atomic E-state index is -3.68. The van der Waals surface area contributed by atoms with Crippen LogP contribution in [0.1, 0.15) is 13.8 Å². The van der Waals surface area contributed by atoms with Gasteiger partial charge in [0.15, 0.2) is 5.75 Å². The van der Waals surface area contributed by atoms with Crippen LogP contribution < -0.4 is 0 Å². The zero-order valence-electron chi connectivity index (χ0n) is 9.63. The minimum absolute atomic E-state index is 0.0677. The van der Waals surface area contributed by atoms with Crippen molar-refractivity contribution in [2.75, 3.05) is 26.0 Å². The van der Waals surface area contributed by atoms with Crippen LogP contribution in [-0.2, 0) is 19.6 Å². The molecule has 92 valence electrons. The number of nitriles is 1. The van der Waals surface area contributed by atoms with Gasteiger partial charge in [0.1, 0.15) is 0 Å². The van der Waals surface area contributed by atoms with Gasteiger partial charge in [-0.3, -0.25) is 4.79 Å². The Kier molecular flexibility index (Phi) is 6.00. The molecule has 0 saturated carbocycles. The first-order valence-corrected chi connectivity index (χ1v) is 6.43. The second-order valence-electron chi connectivity index (χ2n) is 3.37. The van der Waals surface area contributed by atoms with Gasteiger partial charge in [0, 0.05) is 13.6 Å². The van der Waals surface area contributed by atoms with Gasteiger partial charge < -0.3 is 4.74 Å². The molecule has 0 aliphatic carbocycles. The Balaban J connectivity index is 4.44. The Labute approximate surface area is 95.8 Å². The van der Waals surface area contributed by atoms with Crippen LogP contribution in [0.15, 0.2) is 0 Å². The van der Waals surface area contributed by atoms with Crippen molar-refractivity contribution in [2.24, 2.45) is 5.92 Å². The Bertz CT molecular complexity index is 371.